The summed E-state index contributed by atoms with van der Waals surface area (Å²) in [6, 6.07) is 13.5. The molecule has 37 heavy (non-hydrogen) atoms. The van der Waals surface area contributed by atoms with Gasteiger partial charge in [0.15, 0.2) is 0 Å². The number of amides is 1. The number of pyridine rings is 2. The number of carbonyl (C=O) groups excluding carboxylic acids is 2. The van der Waals surface area contributed by atoms with E-state index in [2.05, 4.69) is 35.2 Å². The molecule has 1 aliphatic carbocycles. The van der Waals surface area contributed by atoms with E-state index >= 15 is 0 Å². The van der Waals surface area contributed by atoms with Crippen molar-refractivity contribution in [3.63, 3.8) is 0 Å². The van der Waals surface area contributed by atoms with Gasteiger partial charge in [0, 0.05) is 35.6 Å². The van der Waals surface area contributed by atoms with Gasteiger partial charge < -0.3 is 10.1 Å². The molecule has 1 aliphatic heterocycles. The smallest absolute Gasteiger partial charge is 0.332 e. The Bertz CT molecular complexity index is 1330. The number of benzene rings is 1. The van der Waals surface area contributed by atoms with Crippen LogP contribution < -0.4 is 5.32 Å². The van der Waals surface area contributed by atoms with E-state index < -0.39 is 5.54 Å². The van der Waals surface area contributed by atoms with Crippen LogP contribution in [0.15, 0.2) is 73.2 Å². The Morgan fingerprint density at radius 2 is 1.89 bits per heavy atom. The SMILES string of the molecule is CC1C[C@@]2(NC(=O)c3ccncc3)C(=O)OC(C)C2C(/C=C/c2ccc(-c3cccc(F)c3)cn2)C1C. The van der Waals surface area contributed by atoms with Crippen molar-refractivity contribution >= 4 is 18.0 Å². The first-order valence-electron chi connectivity index (χ1n) is 12.6. The number of fused-ring (bicyclic) bond motifs is 1. The number of ether oxygens (including phenoxy) is 1. The van der Waals surface area contributed by atoms with Crippen molar-refractivity contribution in [1.29, 1.82) is 0 Å². The molecule has 3 heterocycles. The predicted octanol–water partition coefficient (Wildman–Crippen LogP) is 5.32. The minimum absolute atomic E-state index is 0.0207. The van der Waals surface area contributed by atoms with Gasteiger partial charge in [-0.1, -0.05) is 38.1 Å². The van der Waals surface area contributed by atoms with Crippen LogP contribution in [0.25, 0.3) is 17.2 Å². The molecule has 0 spiro atoms. The average Bonchev–Trinajstić information content (AvgIpc) is 3.13. The highest BCUT2D eigenvalue weighted by Crippen LogP contribution is 2.51. The van der Waals surface area contributed by atoms with Crippen LogP contribution in [0.2, 0.25) is 0 Å². The zero-order valence-electron chi connectivity index (χ0n) is 21.1. The van der Waals surface area contributed by atoms with E-state index in [-0.39, 0.29) is 47.5 Å². The molecule has 5 rings (SSSR count). The van der Waals surface area contributed by atoms with Gasteiger partial charge in [-0.2, -0.15) is 0 Å². The standard InChI is InChI=1S/C30H30FN3O3/c1-18-16-30(34-28(35)21-11-13-32-14-12-21)27(20(3)37-29(30)36)26(19(18)2)10-9-25-8-7-23(17-33-25)22-5-4-6-24(31)15-22/h4-15,17-20,26-27H,16H2,1-3H3,(H,34,35)/b10-9+/t18?,19?,20?,26?,27?,30-/m0/s1. The lowest BCUT2D eigenvalue weighted by Gasteiger charge is -2.47. The molecule has 3 aromatic rings. The van der Waals surface area contributed by atoms with E-state index in [4.69, 9.17) is 4.74 Å². The fourth-order valence-electron chi connectivity index (χ4n) is 5.96. The van der Waals surface area contributed by atoms with Gasteiger partial charge in [-0.25, -0.2) is 9.18 Å². The van der Waals surface area contributed by atoms with Crippen molar-refractivity contribution in [2.75, 3.05) is 0 Å². The third-order valence-electron chi connectivity index (χ3n) is 8.01. The summed E-state index contributed by atoms with van der Waals surface area (Å²) < 4.78 is 19.4. The van der Waals surface area contributed by atoms with Gasteiger partial charge in [0.2, 0.25) is 0 Å². The van der Waals surface area contributed by atoms with E-state index in [1.54, 1.807) is 36.8 Å². The highest BCUT2D eigenvalue weighted by atomic mass is 19.1. The number of hydrogen-bond acceptors (Lipinski definition) is 5. The number of cyclic esters (lactones) is 1. The van der Waals surface area contributed by atoms with Gasteiger partial charge in [0.05, 0.1) is 5.69 Å². The van der Waals surface area contributed by atoms with Crippen molar-refractivity contribution in [3.8, 4) is 11.1 Å². The summed E-state index contributed by atoms with van der Waals surface area (Å²) >= 11 is 0. The Balaban J connectivity index is 1.43. The maximum atomic E-state index is 13.6. The van der Waals surface area contributed by atoms with Gasteiger partial charge in [-0.05, 0) is 73.1 Å². The number of nitrogens with one attached hydrogen (secondary N) is 1. The van der Waals surface area contributed by atoms with E-state index in [1.165, 1.54) is 12.1 Å². The number of halogens is 1. The van der Waals surface area contributed by atoms with Gasteiger partial charge in [-0.15, -0.1) is 0 Å². The van der Waals surface area contributed by atoms with Crippen LogP contribution in [0, 0.1) is 29.5 Å². The first-order chi connectivity index (χ1) is 17.8. The molecule has 7 heteroatoms. The number of rotatable bonds is 5. The molecule has 190 valence electrons. The maximum absolute atomic E-state index is 13.6. The summed E-state index contributed by atoms with van der Waals surface area (Å²) in [5.74, 6) is -0.781. The molecule has 2 aromatic heterocycles. The maximum Gasteiger partial charge on any atom is 0.332 e. The lowest BCUT2D eigenvalue weighted by Crippen LogP contribution is -2.62. The fraction of sp³-hybridized carbons (Fsp3) is 0.333. The van der Waals surface area contributed by atoms with Crippen LogP contribution in [0.3, 0.4) is 0 Å². The highest BCUT2D eigenvalue weighted by Gasteiger charge is 2.63. The van der Waals surface area contributed by atoms with Crippen molar-refractivity contribution in [2.24, 2.45) is 23.7 Å². The molecule has 0 bridgehead atoms. The number of carbonyl (C=O) groups is 2. The molecule has 6 atom stereocenters. The molecule has 5 unspecified atom stereocenters. The van der Waals surface area contributed by atoms with Crippen molar-refractivity contribution in [1.82, 2.24) is 15.3 Å². The van der Waals surface area contributed by atoms with E-state index in [0.717, 1.165) is 16.8 Å². The zero-order valence-corrected chi connectivity index (χ0v) is 21.1. The second-order valence-corrected chi connectivity index (χ2v) is 10.3. The molecular weight excluding hydrogens is 469 g/mol. The minimum atomic E-state index is -1.10. The summed E-state index contributed by atoms with van der Waals surface area (Å²) in [5.41, 5.74) is 1.71. The fourth-order valence-corrected chi connectivity index (χ4v) is 5.96. The Kier molecular flexibility index (Phi) is 6.63. The Morgan fingerprint density at radius 3 is 2.59 bits per heavy atom. The Morgan fingerprint density at radius 1 is 1.11 bits per heavy atom. The minimum Gasteiger partial charge on any atom is -0.460 e. The third kappa shape index (κ3) is 4.66. The van der Waals surface area contributed by atoms with Crippen molar-refractivity contribution < 1.29 is 18.7 Å². The molecule has 6 nitrogen and oxygen atoms in total. The van der Waals surface area contributed by atoms with Gasteiger partial charge in [0.1, 0.15) is 17.5 Å². The summed E-state index contributed by atoms with van der Waals surface area (Å²) in [6.07, 6.45) is 9.07. The van der Waals surface area contributed by atoms with Crippen LogP contribution >= 0.6 is 0 Å². The Labute approximate surface area is 216 Å². The van der Waals surface area contributed by atoms with Crippen LogP contribution in [0.5, 0.6) is 0 Å². The molecular formula is C30H30FN3O3. The topological polar surface area (TPSA) is 81.2 Å². The monoisotopic (exact) mass is 499 g/mol. The van der Waals surface area contributed by atoms with Crippen LogP contribution in [-0.2, 0) is 9.53 Å². The number of esters is 1. The van der Waals surface area contributed by atoms with E-state index in [9.17, 15) is 14.0 Å². The second-order valence-electron chi connectivity index (χ2n) is 10.3. The molecule has 0 radical (unpaired) electrons. The normalized spacial score (nSPS) is 29.1. The molecule has 1 saturated heterocycles. The van der Waals surface area contributed by atoms with Gasteiger partial charge in [0.25, 0.3) is 5.91 Å². The Hall–Kier alpha value is -3.87. The first kappa shape index (κ1) is 24.8. The summed E-state index contributed by atoms with van der Waals surface area (Å²) in [7, 11) is 0. The highest BCUT2D eigenvalue weighted by molar-refractivity contribution is 5.99. The quantitative estimate of drug-likeness (QED) is 0.481. The average molecular weight is 500 g/mol. The molecule has 1 saturated carbocycles. The summed E-state index contributed by atoms with van der Waals surface area (Å²) in [5, 5.41) is 3.08. The van der Waals surface area contributed by atoms with Gasteiger partial charge >= 0.3 is 5.97 Å². The molecule has 1 aromatic carbocycles. The van der Waals surface area contributed by atoms with E-state index in [0.29, 0.717) is 12.0 Å². The second kappa shape index (κ2) is 9.88. The third-order valence-corrected chi connectivity index (χ3v) is 8.01. The number of aromatic nitrogens is 2. The molecule has 2 aliphatic rings. The lowest BCUT2D eigenvalue weighted by atomic mass is 9.58. The molecule has 1 amide bonds. The predicted molar refractivity (Wildman–Crippen MR) is 139 cm³/mol. The van der Waals surface area contributed by atoms with Crippen molar-refractivity contribution in [3.05, 3.63) is 90.3 Å². The van der Waals surface area contributed by atoms with Crippen LogP contribution in [0.4, 0.5) is 4.39 Å². The van der Waals surface area contributed by atoms with Crippen molar-refractivity contribution in [2.45, 2.75) is 38.8 Å². The molecule has 2 fully saturated rings. The number of hydrogen-bond donors (Lipinski definition) is 1. The largest absolute Gasteiger partial charge is 0.460 e. The summed E-state index contributed by atoms with van der Waals surface area (Å²) in [6.45, 7) is 6.20. The molecule has 1 N–H and O–H groups in total. The van der Waals surface area contributed by atoms with Gasteiger partial charge in [-0.3, -0.25) is 14.8 Å². The van der Waals surface area contributed by atoms with E-state index in [1.807, 2.05) is 31.2 Å². The number of allylic oxidation sites excluding steroid dienone is 1. The van der Waals surface area contributed by atoms with Crippen LogP contribution in [-0.4, -0.2) is 33.5 Å². The lowest BCUT2D eigenvalue weighted by molar-refractivity contribution is -0.146. The first-order valence-corrected chi connectivity index (χ1v) is 12.6. The summed E-state index contributed by atoms with van der Waals surface area (Å²) in [4.78, 5) is 34.9. The van der Waals surface area contributed by atoms with Crippen LogP contribution in [0.1, 0.15) is 43.2 Å². The zero-order chi connectivity index (χ0) is 26.2. The number of nitrogens with zero attached hydrogens (tertiary/aromatic N) is 2.